The van der Waals surface area contributed by atoms with Gasteiger partial charge in [0.2, 0.25) is 0 Å². The van der Waals surface area contributed by atoms with E-state index < -0.39 is 0 Å². The number of thiazole rings is 1. The van der Waals surface area contributed by atoms with Gasteiger partial charge in [-0.2, -0.15) is 0 Å². The van der Waals surface area contributed by atoms with Crippen molar-refractivity contribution in [3.8, 4) is 10.6 Å². The van der Waals surface area contributed by atoms with E-state index in [4.69, 9.17) is 9.47 Å². The monoisotopic (exact) mass is 263 g/mol. The number of carbonyl (C=O) groups excluding carboxylic acids is 1. The number of hydrogen-bond donors (Lipinski definition) is 0. The molecule has 4 nitrogen and oxygen atoms in total. The molecule has 0 amide bonds. The van der Waals surface area contributed by atoms with Crippen molar-refractivity contribution < 1.29 is 14.3 Å². The molecule has 0 aliphatic rings. The number of methoxy groups -OCH3 is 2. The van der Waals surface area contributed by atoms with Crippen LogP contribution in [0, 0.1) is 0 Å². The third kappa shape index (κ3) is 2.57. The molecule has 1 heterocycles. The van der Waals surface area contributed by atoms with Crippen molar-refractivity contribution in [3.63, 3.8) is 0 Å². The summed E-state index contributed by atoms with van der Waals surface area (Å²) in [5.74, 6) is -0.373. The third-order valence-electron chi connectivity index (χ3n) is 2.37. The molecular formula is C13H13NO3S. The molecule has 0 aliphatic heterocycles. The van der Waals surface area contributed by atoms with E-state index >= 15 is 0 Å². The summed E-state index contributed by atoms with van der Waals surface area (Å²) < 4.78 is 9.80. The molecule has 5 heteroatoms. The Hall–Kier alpha value is -1.72. The van der Waals surface area contributed by atoms with Gasteiger partial charge in [0.15, 0.2) is 0 Å². The highest BCUT2D eigenvalue weighted by Crippen LogP contribution is 2.28. The number of carbonyl (C=O) groups is 1. The molecule has 1 aromatic heterocycles. The minimum absolute atomic E-state index is 0.299. The highest BCUT2D eigenvalue weighted by molar-refractivity contribution is 7.17. The number of aromatic nitrogens is 1. The van der Waals surface area contributed by atoms with Crippen LogP contribution in [0.2, 0.25) is 0 Å². The van der Waals surface area contributed by atoms with Crippen molar-refractivity contribution in [2.45, 2.75) is 6.61 Å². The lowest BCUT2D eigenvalue weighted by atomic mass is 10.2. The Morgan fingerprint density at radius 1 is 1.28 bits per heavy atom. The van der Waals surface area contributed by atoms with Gasteiger partial charge in [0.25, 0.3) is 0 Å². The van der Waals surface area contributed by atoms with Crippen molar-refractivity contribution in [3.05, 3.63) is 40.9 Å². The van der Waals surface area contributed by atoms with Gasteiger partial charge in [0.1, 0.15) is 9.88 Å². The van der Waals surface area contributed by atoms with Gasteiger partial charge in [-0.15, -0.1) is 11.3 Å². The fourth-order valence-corrected chi connectivity index (χ4v) is 2.53. The lowest BCUT2D eigenvalue weighted by Crippen LogP contribution is -2.03. The lowest BCUT2D eigenvalue weighted by molar-refractivity contribution is 0.0601. The SMILES string of the molecule is COCc1nc(-c2ccccc2)sc1C(=O)OC. The van der Waals surface area contributed by atoms with Gasteiger partial charge in [0, 0.05) is 12.7 Å². The molecule has 2 aromatic rings. The number of hydrogen-bond acceptors (Lipinski definition) is 5. The molecule has 0 radical (unpaired) electrons. The first-order valence-corrected chi connectivity index (χ1v) is 6.20. The van der Waals surface area contributed by atoms with Crippen molar-refractivity contribution in [1.82, 2.24) is 4.98 Å². The summed E-state index contributed by atoms with van der Waals surface area (Å²) in [6.45, 7) is 0.299. The number of esters is 1. The molecular weight excluding hydrogens is 250 g/mol. The molecule has 0 spiro atoms. The molecule has 1 aromatic carbocycles. The summed E-state index contributed by atoms with van der Waals surface area (Å²) in [6.07, 6.45) is 0. The largest absolute Gasteiger partial charge is 0.465 e. The molecule has 0 atom stereocenters. The summed E-state index contributed by atoms with van der Waals surface area (Å²) in [5.41, 5.74) is 1.60. The van der Waals surface area contributed by atoms with Crippen molar-refractivity contribution in [2.75, 3.05) is 14.2 Å². The van der Waals surface area contributed by atoms with Gasteiger partial charge in [-0.05, 0) is 0 Å². The number of benzene rings is 1. The van der Waals surface area contributed by atoms with Crippen LogP contribution < -0.4 is 0 Å². The van der Waals surface area contributed by atoms with Gasteiger partial charge in [-0.3, -0.25) is 0 Å². The summed E-state index contributed by atoms with van der Waals surface area (Å²) >= 11 is 1.32. The number of nitrogens with zero attached hydrogens (tertiary/aromatic N) is 1. The van der Waals surface area contributed by atoms with Gasteiger partial charge in [-0.25, -0.2) is 9.78 Å². The molecule has 0 saturated heterocycles. The van der Waals surface area contributed by atoms with E-state index in [0.29, 0.717) is 17.2 Å². The zero-order valence-electron chi connectivity index (χ0n) is 10.2. The number of ether oxygens (including phenoxy) is 2. The Morgan fingerprint density at radius 3 is 2.61 bits per heavy atom. The quantitative estimate of drug-likeness (QED) is 0.796. The molecule has 0 saturated carbocycles. The van der Waals surface area contributed by atoms with Crippen LogP contribution >= 0.6 is 11.3 Å². The molecule has 0 unspecified atom stereocenters. The molecule has 0 fully saturated rings. The summed E-state index contributed by atoms with van der Waals surface area (Å²) in [5, 5.41) is 0.794. The Kier molecular flexibility index (Phi) is 4.07. The first kappa shape index (κ1) is 12.7. The first-order chi connectivity index (χ1) is 8.76. The Bertz CT molecular complexity index is 536. The summed E-state index contributed by atoms with van der Waals surface area (Å²) in [7, 11) is 2.93. The van der Waals surface area contributed by atoms with Gasteiger partial charge >= 0.3 is 5.97 Å². The minimum Gasteiger partial charge on any atom is -0.465 e. The first-order valence-electron chi connectivity index (χ1n) is 5.38. The Balaban J connectivity index is 2.42. The van der Waals surface area contributed by atoms with Crippen LogP contribution in [-0.4, -0.2) is 25.2 Å². The predicted octanol–water partition coefficient (Wildman–Crippen LogP) is 2.74. The Labute approximate surface area is 109 Å². The molecule has 0 bridgehead atoms. The predicted molar refractivity (Wildman–Crippen MR) is 69.6 cm³/mol. The van der Waals surface area contributed by atoms with Crippen LogP contribution in [0.5, 0.6) is 0 Å². The zero-order chi connectivity index (χ0) is 13.0. The fourth-order valence-electron chi connectivity index (χ4n) is 1.54. The highest BCUT2D eigenvalue weighted by atomic mass is 32.1. The average Bonchev–Trinajstić information content (AvgIpc) is 2.83. The third-order valence-corrected chi connectivity index (χ3v) is 3.50. The van der Waals surface area contributed by atoms with Gasteiger partial charge in [-0.1, -0.05) is 30.3 Å². The second-order valence-electron chi connectivity index (χ2n) is 3.59. The normalized spacial score (nSPS) is 10.3. The maximum Gasteiger partial charge on any atom is 0.350 e. The fraction of sp³-hybridized carbons (Fsp3) is 0.231. The van der Waals surface area contributed by atoms with Crippen molar-refractivity contribution in [1.29, 1.82) is 0 Å². The topological polar surface area (TPSA) is 48.4 Å². The van der Waals surface area contributed by atoms with Crippen LogP contribution in [0.15, 0.2) is 30.3 Å². The minimum atomic E-state index is -0.373. The van der Waals surface area contributed by atoms with Crippen molar-refractivity contribution >= 4 is 17.3 Å². The molecule has 0 N–H and O–H groups in total. The molecule has 0 aliphatic carbocycles. The van der Waals surface area contributed by atoms with Crippen molar-refractivity contribution in [2.24, 2.45) is 0 Å². The molecule has 94 valence electrons. The molecule has 18 heavy (non-hydrogen) atoms. The van der Waals surface area contributed by atoms with Crippen LogP contribution in [-0.2, 0) is 16.1 Å². The van der Waals surface area contributed by atoms with Gasteiger partial charge < -0.3 is 9.47 Å². The second kappa shape index (κ2) is 5.75. The van der Waals surface area contributed by atoms with Crippen LogP contribution in [0.1, 0.15) is 15.4 Å². The van der Waals surface area contributed by atoms with E-state index in [1.807, 2.05) is 30.3 Å². The van der Waals surface area contributed by atoms with E-state index in [9.17, 15) is 4.79 Å². The van der Waals surface area contributed by atoms with Gasteiger partial charge in [0.05, 0.1) is 19.4 Å². The van der Waals surface area contributed by atoms with E-state index in [-0.39, 0.29) is 5.97 Å². The van der Waals surface area contributed by atoms with Crippen LogP contribution in [0.25, 0.3) is 10.6 Å². The number of rotatable bonds is 4. The smallest absolute Gasteiger partial charge is 0.350 e. The maximum atomic E-state index is 11.6. The van der Waals surface area contributed by atoms with Crippen LogP contribution in [0.3, 0.4) is 0 Å². The standard InChI is InChI=1S/C13H13NO3S/c1-16-8-10-11(13(15)17-2)18-12(14-10)9-6-4-3-5-7-9/h3-7H,8H2,1-2H3. The van der Waals surface area contributed by atoms with Crippen LogP contribution in [0.4, 0.5) is 0 Å². The Morgan fingerprint density at radius 2 is 2.00 bits per heavy atom. The van der Waals surface area contributed by atoms with E-state index in [0.717, 1.165) is 10.6 Å². The van der Waals surface area contributed by atoms with E-state index in [2.05, 4.69) is 4.98 Å². The summed E-state index contributed by atoms with van der Waals surface area (Å²) in [6, 6.07) is 9.72. The van der Waals surface area contributed by atoms with E-state index in [1.165, 1.54) is 18.4 Å². The second-order valence-corrected chi connectivity index (χ2v) is 4.58. The highest BCUT2D eigenvalue weighted by Gasteiger charge is 2.19. The lowest BCUT2D eigenvalue weighted by Gasteiger charge is -1.97. The molecule has 2 rings (SSSR count). The summed E-state index contributed by atoms with van der Waals surface area (Å²) in [4.78, 5) is 16.6. The average molecular weight is 263 g/mol. The maximum absolute atomic E-state index is 11.6. The zero-order valence-corrected chi connectivity index (χ0v) is 11.0. The van der Waals surface area contributed by atoms with E-state index in [1.54, 1.807) is 7.11 Å².